The van der Waals surface area contributed by atoms with Gasteiger partial charge >= 0.3 is 0 Å². The second kappa shape index (κ2) is 5.23. The monoisotopic (exact) mass is 331 g/mol. The van der Waals surface area contributed by atoms with Gasteiger partial charge in [0.15, 0.2) is 5.78 Å². The van der Waals surface area contributed by atoms with E-state index in [0.29, 0.717) is 6.42 Å². The normalized spacial score (nSPS) is 10.8. The molecule has 4 heteroatoms. The Kier molecular flexibility index (Phi) is 3.44. The lowest BCUT2D eigenvalue weighted by Crippen LogP contribution is -2.02. The zero-order valence-electron chi connectivity index (χ0n) is 9.97. The Balaban J connectivity index is 1.92. The van der Waals surface area contributed by atoms with Crippen molar-refractivity contribution in [1.82, 2.24) is 4.98 Å². The highest BCUT2D eigenvalue weighted by atomic mass is 79.9. The van der Waals surface area contributed by atoms with Gasteiger partial charge in [-0.15, -0.1) is 11.3 Å². The summed E-state index contributed by atoms with van der Waals surface area (Å²) in [6, 6.07) is 11.9. The number of hydrogen-bond acceptors (Lipinski definition) is 3. The first-order valence-corrected chi connectivity index (χ1v) is 7.49. The van der Waals surface area contributed by atoms with Crippen molar-refractivity contribution < 1.29 is 4.79 Å². The molecule has 0 N–H and O–H groups in total. The Morgan fingerprint density at radius 2 is 1.95 bits per heavy atom. The van der Waals surface area contributed by atoms with E-state index in [1.807, 2.05) is 36.4 Å². The van der Waals surface area contributed by atoms with E-state index in [2.05, 4.69) is 20.9 Å². The van der Waals surface area contributed by atoms with Gasteiger partial charge in [-0.25, -0.2) is 0 Å². The fourth-order valence-corrected chi connectivity index (χ4v) is 2.95. The van der Waals surface area contributed by atoms with Crippen LogP contribution in [-0.4, -0.2) is 10.8 Å². The lowest BCUT2D eigenvalue weighted by molar-refractivity contribution is 0.0994. The quantitative estimate of drug-likeness (QED) is 0.662. The van der Waals surface area contributed by atoms with Crippen LogP contribution in [0.1, 0.15) is 15.2 Å². The van der Waals surface area contributed by atoms with E-state index in [0.717, 1.165) is 25.7 Å². The molecule has 0 aliphatic rings. The van der Waals surface area contributed by atoms with Crippen molar-refractivity contribution >= 4 is 43.8 Å². The molecule has 0 atom stereocenters. The molecule has 0 radical (unpaired) electrons. The summed E-state index contributed by atoms with van der Waals surface area (Å²) in [6.07, 6.45) is 2.17. The number of ketones is 1. The van der Waals surface area contributed by atoms with Crippen LogP contribution >= 0.6 is 27.3 Å². The minimum atomic E-state index is 0.133. The summed E-state index contributed by atoms with van der Waals surface area (Å²) in [7, 11) is 0. The van der Waals surface area contributed by atoms with E-state index < -0.39 is 0 Å². The molecule has 0 bridgehead atoms. The molecule has 2 aromatic carbocycles. The third kappa shape index (κ3) is 2.74. The number of nitrogens with zero attached hydrogens (tertiary/aromatic N) is 1. The van der Waals surface area contributed by atoms with Crippen molar-refractivity contribution in [3.63, 3.8) is 0 Å². The molecule has 0 saturated heterocycles. The molecule has 0 saturated carbocycles. The van der Waals surface area contributed by atoms with Crippen molar-refractivity contribution in [3.8, 4) is 0 Å². The SMILES string of the molecule is O=C(Cc1cncs1)c1ccc2cc(Br)ccc2c1. The van der Waals surface area contributed by atoms with Crippen LogP contribution in [0.2, 0.25) is 0 Å². The maximum Gasteiger partial charge on any atom is 0.168 e. The molecule has 0 spiro atoms. The molecule has 19 heavy (non-hydrogen) atoms. The van der Waals surface area contributed by atoms with Crippen LogP contribution in [0.3, 0.4) is 0 Å². The zero-order valence-corrected chi connectivity index (χ0v) is 12.4. The molecule has 0 aliphatic heterocycles. The molecule has 2 nitrogen and oxygen atoms in total. The smallest absolute Gasteiger partial charge is 0.168 e. The number of carbonyl (C=O) groups excluding carboxylic acids is 1. The van der Waals surface area contributed by atoms with Gasteiger partial charge < -0.3 is 0 Å². The summed E-state index contributed by atoms with van der Waals surface area (Å²) >= 11 is 4.96. The molecule has 0 unspecified atom stereocenters. The van der Waals surface area contributed by atoms with E-state index >= 15 is 0 Å². The Morgan fingerprint density at radius 1 is 1.16 bits per heavy atom. The van der Waals surface area contributed by atoms with E-state index in [9.17, 15) is 4.79 Å². The number of fused-ring (bicyclic) bond motifs is 1. The van der Waals surface area contributed by atoms with Crippen LogP contribution in [0.5, 0.6) is 0 Å². The first-order chi connectivity index (χ1) is 9.22. The lowest BCUT2D eigenvalue weighted by Gasteiger charge is -2.03. The minimum absolute atomic E-state index is 0.133. The van der Waals surface area contributed by atoms with Gasteiger partial charge in [0.25, 0.3) is 0 Å². The van der Waals surface area contributed by atoms with Gasteiger partial charge in [0.1, 0.15) is 0 Å². The van der Waals surface area contributed by atoms with E-state index in [1.54, 1.807) is 11.7 Å². The summed E-state index contributed by atoms with van der Waals surface area (Å²) < 4.78 is 1.05. The van der Waals surface area contributed by atoms with Gasteiger partial charge in [-0.2, -0.15) is 0 Å². The third-order valence-electron chi connectivity index (χ3n) is 2.94. The maximum absolute atomic E-state index is 12.2. The van der Waals surface area contributed by atoms with Gasteiger partial charge in [-0.05, 0) is 29.0 Å². The molecule has 1 heterocycles. The van der Waals surface area contributed by atoms with Crippen LogP contribution in [0.15, 0.2) is 52.6 Å². The number of Topliss-reactive ketones (excluding diaryl/α,β-unsaturated/α-hetero) is 1. The van der Waals surface area contributed by atoms with Crippen molar-refractivity contribution in [2.45, 2.75) is 6.42 Å². The first kappa shape index (κ1) is 12.5. The van der Waals surface area contributed by atoms with Crippen LogP contribution in [0.25, 0.3) is 10.8 Å². The Morgan fingerprint density at radius 3 is 2.74 bits per heavy atom. The molecule has 1 aromatic heterocycles. The van der Waals surface area contributed by atoms with Gasteiger partial charge in [0.2, 0.25) is 0 Å². The topological polar surface area (TPSA) is 30.0 Å². The fourth-order valence-electron chi connectivity index (χ4n) is 1.98. The molecular formula is C15H10BrNOS. The summed E-state index contributed by atoms with van der Waals surface area (Å²) in [5.41, 5.74) is 2.50. The first-order valence-electron chi connectivity index (χ1n) is 5.82. The highest BCUT2D eigenvalue weighted by Gasteiger charge is 2.09. The summed E-state index contributed by atoms with van der Waals surface area (Å²) in [5.74, 6) is 0.133. The highest BCUT2D eigenvalue weighted by Crippen LogP contribution is 2.22. The maximum atomic E-state index is 12.2. The van der Waals surface area contributed by atoms with Crippen molar-refractivity contribution in [3.05, 3.63) is 63.0 Å². The molecule has 0 amide bonds. The summed E-state index contributed by atoms with van der Waals surface area (Å²) in [6.45, 7) is 0. The molecular weight excluding hydrogens is 322 g/mol. The second-order valence-corrected chi connectivity index (χ2v) is 6.16. The van der Waals surface area contributed by atoms with Crippen molar-refractivity contribution in [1.29, 1.82) is 0 Å². The van der Waals surface area contributed by atoms with E-state index in [-0.39, 0.29) is 5.78 Å². The Labute approximate surface area is 123 Å². The number of aromatic nitrogens is 1. The van der Waals surface area contributed by atoms with Crippen LogP contribution in [0, 0.1) is 0 Å². The number of hydrogen-bond donors (Lipinski definition) is 0. The fraction of sp³-hybridized carbons (Fsp3) is 0.0667. The zero-order chi connectivity index (χ0) is 13.2. The van der Waals surface area contributed by atoms with Gasteiger partial charge in [-0.3, -0.25) is 9.78 Å². The predicted octanol–water partition coefficient (Wildman–Crippen LogP) is 4.48. The number of thiazole rings is 1. The Hall–Kier alpha value is -1.52. The summed E-state index contributed by atoms with van der Waals surface area (Å²) in [5, 5.41) is 2.21. The van der Waals surface area contributed by atoms with Crippen molar-refractivity contribution in [2.24, 2.45) is 0 Å². The second-order valence-electron chi connectivity index (χ2n) is 4.27. The predicted molar refractivity (Wildman–Crippen MR) is 81.8 cm³/mol. The number of rotatable bonds is 3. The van der Waals surface area contributed by atoms with Crippen LogP contribution in [0.4, 0.5) is 0 Å². The van der Waals surface area contributed by atoms with Gasteiger partial charge in [0.05, 0.1) is 5.51 Å². The molecule has 3 rings (SSSR count). The van der Waals surface area contributed by atoms with Crippen molar-refractivity contribution in [2.75, 3.05) is 0 Å². The highest BCUT2D eigenvalue weighted by molar-refractivity contribution is 9.10. The largest absolute Gasteiger partial charge is 0.294 e. The number of benzene rings is 2. The third-order valence-corrected chi connectivity index (χ3v) is 4.22. The minimum Gasteiger partial charge on any atom is -0.294 e. The number of halogens is 1. The van der Waals surface area contributed by atoms with E-state index in [1.165, 1.54) is 11.3 Å². The van der Waals surface area contributed by atoms with Crippen LogP contribution in [-0.2, 0) is 6.42 Å². The molecule has 0 aliphatic carbocycles. The van der Waals surface area contributed by atoms with E-state index in [4.69, 9.17) is 0 Å². The molecule has 3 aromatic rings. The lowest BCUT2D eigenvalue weighted by atomic mass is 10.0. The standard InChI is InChI=1S/C15H10BrNOS/c16-13-4-3-10-5-12(2-1-11(10)6-13)15(18)7-14-8-17-9-19-14/h1-6,8-9H,7H2. The Bertz CT molecular complexity index is 737. The summed E-state index contributed by atoms with van der Waals surface area (Å²) in [4.78, 5) is 17.2. The number of carbonyl (C=O) groups is 1. The van der Waals surface area contributed by atoms with Gasteiger partial charge in [-0.1, -0.05) is 34.1 Å². The average molecular weight is 332 g/mol. The molecule has 0 fully saturated rings. The molecule has 94 valence electrons. The average Bonchev–Trinajstić information content (AvgIpc) is 2.91. The van der Waals surface area contributed by atoms with Gasteiger partial charge in [0, 0.05) is 27.5 Å². The van der Waals surface area contributed by atoms with Crippen LogP contribution < -0.4 is 0 Å².